The van der Waals surface area contributed by atoms with Crippen molar-refractivity contribution in [2.24, 2.45) is 0 Å². The van der Waals surface area contributed by atoms with Crippen LogP contribution in [0.5, 0.6) is 0 Å². The minimum Gasteiger partial charge on any atom is -0.344 e. The van der Waals surface area contributed by atoms with Crippen LogP contribution >= 0.6 is 11.6 Å². The maximum absolute atomic E-state index is 12.0. The molecule has 0 bridgehead atoms. The van der Waals surface area contributed by atoms with Crippen molar-refractivity contribution in [3.63, 3.8) is 0 Å². The third-order valence-corrected chi connectivity index (χ3v) is 3.43. The number of aryl methyl sites for hydroxylation is 2. The Morgan fingerprint density at radius 1 is 1.69 bits per heavy atom. The van der Waals surface area contributed by atoms with E-state index in [9.17, 15) is 4.79 Å². The molecule has 1 heterocycles. The second kappa shape index (κ2) is 4.09. The van der Waals surface area contributed by atoms with Gasteiger partial charge in [0.1, 0.15) is 5.69 Å². The van der Waals surface area contributed by atoms with Crippen LogP contribution in [0.3, 0.4) is 0 Å². The Balaban J connectivity index is 2.14. The Morgan fingerprint density at radius 3 is 2.88 bits per heavy atom. The smallest absolute Gasteiger partial charge is 0.270 e. The van der Waals surface area contributed by atoms with Crippen molar-refractivity contribution in [2.45, 2.75) is 38.8 Å². The van der Waals surface area contributed by atoms with Gasteiger partial charge in [-0.3, -0.25) is 9.48 Å². The van der Waals surface area contributed by atoms with E-state index in [2.05, 4.69) is 10.4 Å². The van der Waals surface area contributed by atoms with Crippen LogP contribution in [0.1, 0.15) is 35.9 Å². The molecule has 1 aliphatic carbocycles. The number of nitrogens with zero attached hydrogens (tertiary/aromatic N) is 2. The van der Waals surface area contributed by atoms with Gasteiger partial charge in [0.2, 0.25) is 0 Å². The summed E-state index contributed by atoms with van der Waals surface area (Å²) in [7, 11) is 0. The van der Waals surface area contributed by atoms with E-state index in [4.69, 9.17) is 11.6 Å². The maximum atomic E-state index is 12.0. The number of rotatable bonds is 4. The predicted octanol–water partition coefficient (Wildman–Crippen LogP) is 1.71. The lowest BCUT2D eigenvalue weighted by atomic mass is 10.3. The second-order valence-electron chi connectivity index (χ2n) is 4.35. The summed E-state index contributed by atoms with van der Waals surface area (Å²) in [5.41, 5.74) is 1.33. The molecule has 88 valence electrons. The molecule has 0 atom stereocenters. The maximum Gasteiger partial charge on any atom is 0.270 e. The van der Waals surface area contributed by atoms with Crippen LogP contribution in [-0.4, -0.2) is 27.1 Å². The highest BCUT2D eigenvalue weighted by atomic mass is 35.5. The molecule has 1 aromatic rings. The molecular formula is C11H16ClN3O. The fourth-order valence-corrected chi connectivity index (χ4v) is 2.05. The van der Waals surface area contributed by atoms with Crippen LogP contribution in [0, 0.1) is 6.92 Å². The minimum absolute atomic E-state index is 0.0689. The number of halogens is 1. The summed E-state index contributed by atoms with van der Waals surface area (Å²) >= 11 is 5.83. The van der Waals surface area contributed by atoms with Gasteiger partial charge in [-0.1, -0.05) is 0 Å². The number of aromatic nitrogens is 2. The van der Waals surface area contributed by atoms with Crippen LogP contribution in [0.2, 0.25) is 0 Å². The molecule has 2 rings (SSSR count). The zero-order valence-electron chi connectivity index (χ0n) is 9.59. The van der Waals surface area contributed by atoms with Crippen molar-refractivity contribution in [2.75, 3.05) is 5.88 Å². The lowest BCUT2D eigenvalue weighted by molar-refractivity contribution is 0.0925. The van der Waals surface area contributed by atoms with Gasteiger partial charge >= 0.3 is 0 Å². The molecule has 1 N–H and O–H groups in total. The molecule has 4 nitrogen and oxygen atoms in total. The first kappa shape index (κ1) is 11.5. The van der Waals surface area contributed by atoms with Gasteiger partial charge < -0.3 is 5.32 Å². The molecule has 1 aliphatic rings. The first-order chi connectivity index (χ1) is 7.60. The number of alkyl halides is 1. The molecule has 0 unspecified atom stereocenters. The van der Waals surface area contributed by atoms with Crippen LogP contribution in [0.25, 0.3) is 0 Å². The van der Waals surface area contributed by atoms with E-state index in [1.807, 2.05) is 19.9 Å². The van der Waals surface area contributed by atoms with Crippen molar-refractivity contribution in [1.82, 2.24) is 15.1 Å². The molecule has 16 heavy (non-hydrogen) atoms. The first-order valence-corrected chi connectivity index (χ1v) is 6.06. The summed E-state index contributed by atoms with van der Waals surface area (Å²) in [5, 5.41) is 7.24. The Bertz CT molecular complexity index is 409. The predicted molar refractivity (Wildman–Crippen MR) is 62.8 cm³/mol. The molecular weight excluding hydrogens is 226 g/mol. The van der Waals surface area contributed by atoms with Crippen molar-refractivity contribution >= 4 is 17.5 Å². The zero-order chi connectivity index (χ0) is 11.8. The Labute approximate surface area is 100.0 Å². The van der Waals surface area contributed by atoms with Crippen LogP contribution < -0.4 is 5.32 Å². The fourth-order valence-electron chi connectivity index (χ4n) is 1.72. The van der Waals surface area contributed by atoms with Crippen LogP contribution in [-0.2, 0) is 6.54 Å². The Morgan fingerprint density at radius 2 is 2.38 bits per heavy atom. The monoisotopic (exact) mass is 241 g/mol. The zero-order valence-corrected chi connectivity index (χ0v) is 10.3. The SMILES string of the molecule is CCn1nc(C)cc1C(=O)NC1(CCl)CC1. The van der Waals surface area contributed by atoms with E-state index < -0.39 is 0 Å². The van der Waals surface area contributed by atoms with E-state index in [1.165, 1.54) is 0 Å². The number of carbonyl (C=O) groups is 1. The van der Waals surface area contributed by atoms with Gasteiger partial charge in [0.05, 0.1) is 11.2 Å². The van der Waals surface area contributed by atoms with Crippen LogP contribution in [0.4, 0.5) is 0 Å². The third kappa shape index (κ3) is 2.07. The molecule has 1 amide bonds. The van der Waals surface area contributed by atoms with Crippen molar-refractivity contribution < 1.29 is 4.79 Å². The molecule has 1 fully saturated rings. The van der Waals surface area contributed by atoms with Gasteiger partial charge in [-0.05, 0) is 32.8 Å². The molecule has 0 aliphatic heterocycles. The molecule has 0 saturated heterocycles. The van der Waals surface area contributed by atoms with Crippen molar-refractivity contribution in [3.05, 3.63) is 17.5 Å². The number of nitrogens with one attached hydrogen (secondary N) is 1. The van der Waals surface area contributed by atoms with Crippen molar-refractivity contribution in [3.8, 4) is 0 Å². The van der Waals surface area contributed by atoms with Gasteiger partial charge in [-0.15, -0.1) is 11.6 Å². The highest BCUT2D eigenvalue weighted by Crippen LogP contribution is 2.36. The topological polar surface area (TPSA) is 46.9 Å². The first-order valence-electron chi connectivity index (χ1n) is 5.53. The quantitative estimate of drug-likeness (QED) is 0.816. The fraction of sp³-hybridized carbons (Fsp3) is 0.636. The average Bonchev–Trinajstić information content (AvgIpc) is 2.93. The molecule has 0 aromatic carbocycles. The van der Waals surface area contributed by atoms with Crippen LogP contribution in [0.15, 0.2) is 6.07 Å². The van der Waals surface area contributed by atoms with Gasteiger partial charge in [-0.2, -0.15) is 5.10 Å². The molecule has 1 saturated carbocycles. The van der Waals surface area contributed by atoms with Gasteiger partial charge in [0, 0.05) is 12.4 Å². The minimum atomic E-state index is -0.157. The number of carbonyl (C=O) groups excluding carboxylic acids is 1. The highest BCUT2D eigenvalue weighted by molar-refractivity contribution is 6.19. The van der Waals surface area contributed by atoms with E-state index >= 15 is 0 Å². The van der Waals surface area contributed by atoms with Gasteiger partial charge in [-0.25, -0.2) is 0 Å². The largest absolute Gasteiger partial charge is 0.344 e. The summed E-state index contributed by atoms with van der Waals surface area (Å²) < 4.78 is 1.72. The van der Waals surface area contributed by atoms with E-state index in [1.54, 1.807) is 4.68 Å². The highest BCUT2D eigenvalue weighted by Gasteiger charge is 2.43. The molecule has 0 spiro atoms. The Hall–Kier alpha value is -1.03. The van der Waals surface area contributed by atoms with Gasteiger partial charge in [0.25, 0.3) is 5.91 Å². The normalized spacial score (nSPS) is 17.2. The third-order valence-electron chi connectivity index (χ3n) is 2.92. The lowest BCUT2D eigenvalue weighted by Gasteiger charge is -2.14. The Kier molecular flexibility index (Phi) is 2.93. The van der Waals surface area contributed by atoms with E-state index in [0.29, 0.717) is 18.1 Å². The summed E-state index contributed by atoms with van der Waals surface area (Å²) in [6.07, 6.45) is 1.95. The molecule has 0 radical (unpaired) electrons. The van der Waals surface area contributed by atoms with Gasteiger partial charge in [0.15, 0.2) is 0 Å². The number of hydrogen-bond acceptors (Lipinski definition) is 2. The molecule has 1 aromatic heterocycles. The standard InChI is InChI=1S/C11H16ClN3O/c1-3-15-9(6-8(2)14-15)10(16)13-11(7-12)4-5-11/h6H,3-5,7H2,1-2H3,(H,13,16). The van der Waals surface area contributed by atoms with Crippen molar-refractivity contribution in [1.29, 1.82) is 0 Å². The second-order valence-corrected chi connectivity index (χ2v) is 4.62. The number of amides is 1. The average molecular weight is 242 g/mol. The molecule has 5 heteroatoms. The summed E-state index contributed by atoms with van der Waals surface area (Å²) in [6.45, 7) is 4.56. The number of hydrogen-bond donors (Lipinski definition) is 1. The summed E-state index contributed by atoms with van der Waals surface area (Å²) in [6, 6.07) is 1.81. The van der Waals surface area contributed by atoms with E-state index in [-0.39, 0.29) is 11.4 Å². The summed E-state index contributed by atoms with van der Waals surface area (Å²) in [5.74, 6) is 0.415. The van der Waals surface area contributed by atoms with E-state index in [0.717, 1.165) is 18.5 Å². The lowest BCUT2D eigenvalue weighted by Crippen LogP contribution is -2.39. The summed E-state index contributed by atoms with van der Waals surface area (Å²) in [4.78, 5) is 12.0.